The predicted molar refractivity (Wildman–Crippen MR) is 122 cm³/mol. The largest absolute Gasteiger partial charge is 0.492 e. The average molecular weight is 453 g/mol. The van der Waals surface area contributed by atoms with Gasteiger partial charge in [-0.2, -0.15) is 0 Å². The van der Waals surface area contributed by atoms with Crippen LogP contribution in [0.1, 0.15) is 5.56 Å². The zero-order valence-electron chi connectivity index (χ0n) is 16.3. The molecule has 0 radical (unpaired) electrons. The van der Waals surface area contributed by atoms with E-state index in [1.54, 1.807) is 23.6 Å². The quantitative estimate of drug-likeness (QED) is 0.394. The van der Waals surface area contributed by atoms with E-state index in [4.69, 9.17) is 16.3 Å². The topological polar surface area (TPSA) is 70.5 Å². The van der Waals surface area contributed by atoms with E-state index >= 15 is 0 Å². The summed E-state index contributed by atoms with van der Waals surface area (Å²) >= 11 is 7.29. The third kappa shape index (κ3) is 3.64. The first-order valence-corrected chi connectivity index (χ1v) is 10.9. The molecule has 0 aliphatic heterocycles. The Morgan fingerprint density at radius 1 is 1.00 bits per heavy atom. The summed E-state index contributed by atoms with van der Waals surface area (Å²) in [5, 5.41) is 6.90. The molecule has 7 nitrogen and oxygen atoms in total. The van der Waals surface area contributed by atoms with Crippen LogP contribution in [0.25, 0.3) is 16.0 Å². The number of halogens is 1. The minimum absolute atomic E-state index is 0.176. The van der Waals surface area contributed by atoms with Crippen molar-refractivity contribution in [3.63, 3.8) is 0 Å². The number of ether oxygens (including phenoxy) is 1. The highest BCUT2D eigenvalue weighted by molar-refractivity contribution is 7.17. The normalized spacial score (nSPS) is 11.4. The third-order valence-corrected chi connectivity index (χ3v) is 6.10. The van der Waals surface area contributed by atoms with Gasteiger partial charge in [0.25, 0.3) is 5.56 Å². The number of aromatic nitrogens is 4. The molecule has 3 heterocycles. The fourth-order valence-corrected chi connectivity index (χ4v) is 4.41. The number of hydrogen-bond donors (Lipinski definition) is 0. The number of thiophene rings is 1. The Morgan fingerprint density at radius 3 is 2.55 bits per heavy atom. The molecule has 0 N–H and O–H groups in total. The second-order valence-corrected chi connectivity index (χ2v) is 8.31. The molecule has 0 saturated carbocycles. The van der Waals surface area contributed by atoms with Crippen molar-refractivity contribution < 1.29 is 4.74 Å². The summed E-state index contributed by atoms with van der Waals surface area (Å²) in [6.07, 6.45) is 0. The van der Waals surface area contributed by atoms with Gasteiger partial charge in [0.1, 0.15) is 17.1 Å². The van der Waals surface area contributed by atoms with Crippen LogP contribution < -0.4 is 16.0 Å². The van der Waals surface area contributed by atoms with Crippen LogP contribution in [0.3, 0.4) is 0 Å². The summed E-state index contributed by atoms with van der Waals surface area (Å²) in [5.41, 5.74) is 0.973. The van der Waals surface area contributed by atoms with E-state index in [1.165, 1.54) is 25.0 Å². The summed E-state index contributed by atoms with van der Waals surface area (Å²) in [7, 11) is 0. The lowest BCUT2D eigenvalue weighted by Crippen LogP contribution is -2.26. The van der Waals surface area contributed by atoms with Gasteiger partial charge in [-0.1, -0.05) is 41.9 Å². The highest BCUT2D eigenvalue weighted by Crippen LogP contribution is 2.18. The van der Waals surface area contributed by atoms with Crippen molar-refractivity contribution in [2.75, 3.05) is 6.61 Å². The number of benzene rings is 2. The molecule has 0 atom stereocenters. The number of hydrogen-bond acceptors (Lipinski definition) is 5. The molecule has 0 aliphatic rings. The first-order valence-electron chi connectivity index (χ1n) is 9.64. The van der Waals surface area contributed by atoms with Gasteiger partial charge in [-0.05, 0) is 41.3 Å². The first-order chi connectivity index (χ1) is 15.1. The predicted octanol–water partition coefficient (Wildman–Crippen LogP) is 3.65. The van der Waals surface area contributed by atoms with E-state index < -0.39 is 0 Å². The van der Waals surface area contributed by atoms with Gasteiger partial charge in [-0.25, -0.2) is 13.9 Å². The van der Waals surface area contributed by atoms with Crippen molar-refractivity contribution in [2.45, 2.75) is 13.1 Å². The van der Waals surface area contributed by atoms with E-state index in [9.17, 15) is 9.59 Å². The van der Waals surface area contributed by atoms with Gasteiger partial charge in [-0.3, -0.25) is 9.36 Å². The van der Waals surface area contributed by atoms with Crippen LogP contribution in [0.2, 0.25) is 5.02 Å². The van der Waals surface area contributed by atoms with Gasteiger partial charge in [0.05, 0.1) is 18.6 Å². The van der Waals surface area contributed by atoms with Crippen molar-refractivity contribution >= 4 is 38.9 Å². The SMILES string of the molecule is O=c1c2sccc2n2c(=O)n(CCOc3ccccc3)nc2n1Cc1ccc(Cl)cc1. The van der Waals surface area contributed by atoms with E-state index in [0.29, 0.717) is 21.0 Å². The molecule has 0 aliphatic carbocycles. The highest BCUT2D eigenvalue weighted by atomic mass is 35.5. The Kier molecular flexibility index (Phi) is 5.09. The number of nitrogens with zero attached hydrogens (tertiary/aromatic N) is 4. The molecule has 2 aromatic carbocycles. The Hall–Kier alpha value is -3.36. The summed E-state index contributed by atoms with van der Waals surface area (Å²) in [6.45, 7) is 0.822. The second kappa shape index (κ2) is 8.05. The van der Waals surface area contributed by atoms with Crippen molar-refractivity contribution in [3.8, 4) is 5.75 Å². The third-order valence-electron chi connectivity index (χ3n) is 4.96. The first kappa shape index (κ1) is 19.6. The number of rotatable bonds is 6. The van der Waals surface area contributed by atoms with Crippen LogP contribution in [0.15, 0.2) is 75.6 Å². The molecule has 0 bridgehead atoms. The minimum atomic E-state index is -0.306. The number of para-hydroxylation sites is 1. The lowest BCUT2D eigenvalue weighted by Gasteiger charge is -2.08. The fourth-order valence-electron chi connectivity index (χ4n) is 3.46. The van der Waals surface area contributed by atoms with Crippen molar-refractivity contribution in [3.05, 3.63) is 97.5 Å². The molecule has 9 heteroatoms. The molecule has 0 fully saturated rings. The van der Waals surface area contributed by atoms with Crippen molar-refractivity contribution in [1.29, 1.82) is 0 Å². The standard InChI is InChI=1S/C22H17ClN4O3S/c23-16-8-6-15(7-9-16)14-25-20(28)19-18(10-13-31-19)27-21(25)24-26(22(27)29)11-12-30-17-4-2-1-3-5-17/h1-10,13H,11-12,14H2. The van der Waals surface area contributed by atoms with Gasteiger partial charge in [0, 0.05) is 5.02 Å². The molecule has 5 rings (SSSR count). The average Bonchev–Trinajstić information content (AvgIpc) is 3.38. The van der Waals surface area contributed by atoms with Crippen molar-refractivity contribution in [2.24, 2.45) is 0 Å². The number of fused-ring (bicyclic) bond motifs is 3. The van der Waals surface area contributed by atoms with Crippen LogP contribution in [0.4, 0.5) is 0 Å². The molecular weight excluding hydrogens is 436 g/mol. The summed E-state index contributed by atoms with van der Waals surface area (Å²) in [4.78, 5) is 26.3. The molecule has 0 saturated heterocycles. The molecular formula is C22H17ClN4O3S. The van der Waals surface area contributed by atoms with Gasteiger partial charge < -0.3 is 4.74 Å². The monoisotopic (exact) mass is 452 g/mol. The van der Waals surface area contributed by atoms with Crippen LogP contribution in [0.5, 0.6) is 5.75 Å². The van der Waals surface area contributed by atoms with Gasteiger partial charge >= 0.3 is 5.69 Å². The minimum Gasteiger partial charge on any atom is -0.492 e. The molecule has 5 aromatic rings. The molecule has 3 aromatic heterocycles. The van der Waals surface area contributed by atoms with E-state index in [-0.39, 0.29) is 30.9 Å². The Balaban J connectivity index is 1.56. The Bertz CT molecular complexity index is 1480. The maximum atomic E-state index is 13.2. The zero-order chi connectivity index (χ0) is 21.4. The van der Waals surface area contributed by atoms with Gasteiger partial charge in [-0.15, -0.1) is 16.4 Å². The summed E-state index contributed by atoms with van der Waals surface area (Å²) in [5.74, 6) is 1.02. The maximum absolute atomic E-state index is 13.2. The van der Waals surface area contributed by atoms with E-state index in [2.05, 4.69) is 5.10 Å². The lowest BCUT2D eigenvalue weighted by atomic mass is 10.2. The van der Waals surface area contributed by atoms with Crippen LogP contribution >= 0.6 is 22.9 Å². The molecule has 0 amide bonds. The molecule has 31 heavy (non-hydrogen) atoms. The van der Waals surface area contributed by atoms with Gasteiger partial charge in [0.15, 0.2) is 0 Å². The van der Waals surface area contributed by atoms with Crippen LogP contribution in [0, 0.1) is 0 Å². The summed E-state index contributed by atoms with van der Waals surface area (Å²) < 4.78 is 10.6. The van der Waals surface area contributed by atoms with Gasteiger partial charge in [0.2, 0.25) is 5.78 Å². The van der Waals surface area contributed by atoms with E-state index in [1.807, 2.05) is 42.5 Å². The Morgan fingerprint density at radius 2 is 1.77 bits per heavy atom. The lowest BCUT2D eigenvalue weighted by molar-refractivity contribution is 0.289. The fraction of sp³-hybridized carbons (Fsp3) is 0.136. The van der Waals surface area contributed by atoms with E-state index in [0.717, 1.165) is 11.3 Å². The maximum Gasteiger partial charge on any atom is 0.352 e. The van der Waals surface area contributed by atoms with Crippen molar-refractivity contribution in [1.82, 2.24) is 18.7 Å². The Labute approximate surface area is 185 Å². The second-order valence-electron chi connectivity index (χ2n) is 6.96. The molecule has 156 valence electrons. The molecule has 0 spiro atoms. The smallest absolute Gasteiger partial charge is 0.352 e. The molecule has 0 unspecified atom stereocenters. The summed E-state index contributed by atoms with van der Waals surface area (Å²) in [6, 6.07) is 18.4. The van der Waals surface area contributed by atoms with Crippen LogP contribution in [-0.4, -0.2) is 25.4 Å². The van der Waals surface area contributed by atoms with Crippen LogP contribution in [-0.2, 0) is 13.1 Å². The zero-order valence-corrected chi connectivity index (χ0v) is 17.8. The highest BCUT2D eigenvalue weighted by Gasteiger charge is 2.18.